The molecule has 118 valence electrons. The van der Waals surface area contributed by atoms with Crippen LogP contribution in [0, 0.1) is 17.2 Å². The standard InChI is InChI=1S/C16H21N3O3/c17-7-14-3-4-15(22-14)8-18-12-5-13(6-12)19(10-16(20)21)9-11-1-2-11/h3-4,11-13,18H,1-2,5-6,8-10H2,(H,20,21). The van der Waals surface area contributed by atoms with E-state index in [4.69, 9.17) is 14.8 Å². The van der Waals surface area contributed by atoms with Gasteiger partial charge in [-0.15, -0.1) is 0 Å². The van der Waals surface area contributed by atoms with Crippen molar-refractivity contribution in [3.05, 3.63) is 23.7 Å². The van der Waals surface area contributed by atoms with E-state index in [0.29, 0.717) is 30.3 Å². The number of nitrogens with zero attached hydrogens (tertiary/aromatic N) is 2. The predicted molar refractivity (Wildman–Crippen MR) is 79.0 cm³/mol. The van der Waals surface area contributed by atoms with Crippen molar-refractivity contribution < 1.29 is 14.3 Å². The summed E-state index contributed by atoms with van der Waals surface area (Å²) in [6.07, 6.45) is 4.44. The van der Waals surface area contributed by atoms with Crippen LogP contribution >= 0.6 is 0 Å². The molecule has 2 fully saturated rings. The molecule has 1 heterocycles. The quantitative estimate of drug-likeness (QED) is 0.757. The van der Waals surface area contributed by atoms with E-state index in [1.54, 1.807) is 6.07 Å². The zero-order valence-corrected chi connectivity index (χ0v) is 12.5. The van der Waals surface area contributed by atoms with E-state index in [-0.39, 0.29) is 6.54 Å². The first-order valence-corrected chi connectivity index (χ1v) is 7.82. The molecule has 0 unspecified atom stereocenters. The largest absolute Gasteiger partial charge is 0.480 e. The fourth-order valence-electron chi connectivity index (χ4n) is 2.98. The van der Waals surface area contributed by atoms with E-state index < -0.39 is 5.97 Å². The molecule has 2 saturated carbocycles. The van der Waals surface area contributed by atoms with Crippen LogP contribution in [0.1, 0.15) is 37.2 Å². The van der Waals surface area contributed by atoms with E-state index >= 15 is 0 Å². The average Bonchev–Trinajstić information content (AvgIpc) is 3.12. The van der Waals surface area contributed by atoms with Gasteiger partial charge < -0.3 is 14.8 Å². The van der Waals surface area contributed by atoms with Crippen LogP contribution in [0.2, 0.25) is 0 Å². The van der Waals surface area contributed by atoms with Crippen molar-refractivity contribution in [3.63, 3.8) is 0 Å². The number of hydrogen-bond donors (Lipinski definition) is 2. The third-order valence-electron chi connectivity index (χ3n) is 4.49. The van der Waals surface area contributed by atoms with Crippen LogP contribution in [-0.4, -0.2) is 41.1 Å². The van der Waals surface area contributed by atoms with Crippen LogP contribution in [-0.2, 0) is 11.3 Å². The fourth-order valence-corrected chi connectivity index (χ4v) is 2.98. The summed E-state index contributed by atoms with van der Waals surface area (Å²) in [5.74, 6) is 1.07. The minimum absolute atomic E-state index is 0.150. The topological polar surface area (TPSA) is 89.5 Å². The molecule has 1 aromatic rings. The van der Waals surface area contributed by atoms with Crippen LogP contribution < -0.4 is 5.32 Å². The number of hydrogen-bond acceptors (Lipinski definition) is 5. The second kappa shape index (κ2) is 6.51. The first-order valence-electron chi connectivity index (χ1n) is 7.82. The fraction of sp³-hybridized carbons (Fsp3) is 0.625. The number of carbonyl (C=O) groups is 1. The highest BCUT2D eigenvalue weighted by Crippen LogP contribution is 2.33. The summed E-state index contributed by atoms with van der Waals surface area (Å²) in [7, 11) is 0. The summed E-state index contributed by atoms with van der Waals surface area (Å²) in [5, 5.41) is 21.1. The highest BCUT2D eigenvalue weighted by Gasteiger charge is 2.36. The maximum atomic E-state index is 11.0. The summed E-state index contributed by atoms with van der Waals surface area (Å²) in [4.78, 5) is 13.1. The molecule has 0 atom stereocenters. The molecule has 0 aromatic carbocycles. The van der Waals surface area contributed by atoms with Gasteiger partial charge in [-0.25, -0.2) is 0 Å². The van der Waals surface area contributed by atoms with Crippen LogP contribution in [0.4, 0.5) is 0 Å². The Morgan fingerprint density at radius 1 is 1.45 bits per heavy atom. The summed E-state index contributed by atoms with van der Waals surface area (Å²) < 4.78 is 5.33. The monoisotopic (exact) mass is 303 g/mol. The second-order valence-corrected chi connectivity index (χ2v) is 6.35. The predicted octanol–water partition coefficient (Wildman–Crippen LogP) is 1.57. The van der Waals surface area contributed by atoms with Gasteiger partial charge in [0.2, 0.25) is 5.76 Å². The third-order valence-corrected chi connectivity index (χ3v) is 4.49. The van der Waals surface area contributed by atoms with Crippen LogP contribution in [0.25, 0.3) is 0 Å². The Balaban J connectivity index is 1.41. The van der Waals surface area contributed by atoms with Gasteiger partial charge in [0.05, 0.1) is 13.1 Å². The highest BCUT2D eigenvalue weighted by atomic mass is 16.4. The summed E-state index contributed by atoms with van der Waals surface area (Å²) >= 11 is 0. The van der Waals surface area contributed by atoms with E-state index in [2.05, 4.69) is 10.2 Å². The van der Waals surface area contributed by atoms with Crippen molar-refractivity contribution >= 4 is 5.97 Å². The van der Waals surface area contributed by atoms with Crippen LogP contribution in [0.5, 0.6) is 0 Å². The lowest BCUT2D eigenvalue weighted by atomic mass is 9.85. The molecule has 6 heteroatoms. The van der Waals surface area contributed by atoms with Crippen molar-refractivity contribution in [3.8, 4) is 6.07 Å². The summed E-state index contributed by atoms with van der Waals surface area (Å²) in [6, 6.07) is 6.23. The Bertz CT molecular complexity index is 567. The molecule has 0 aliphatic heterocycles. The lowest BCUT2D eigenvalue weighted by Crippen LogP contribution is -2.54. The van der Waals surface area contributed by atoms with Crippen molar-refractivity contribution in [2.75, 3.05) is 13.1 Å². The smallest absolute Gasteiger partial charge is 0.317 e. The van der Waals surface area contributed by atoms with Crippen LogP contribution in [0.3, 0.4) is 0 Å². The SMILES string of the molecule is N#Cc1ccc(CNC2CC(N(CC(=O)O)CC3CC3)C2)o1. The Morgan fingerprint density at radius 2 is 2.23 bits per heavy atom. The zero-order chi connectivity index (χ0) is 15.5. The van der Waals surface area contributed by atoms with Crippen LogP contribution in [0.15, 0.2) is 16.5 Å². The number of carboxylic acids is 1. The molecule has 0 saturated heterocycles. The molecule has 1 aromatic heterocycles. The van der Waals surface area contributed by atoms with E-state index in [0.717, 1.165) is 25.1 Å². The van der Waals surface area contributed by atoms with Gasteiger partial charge in [-0.3, -0.25) is 9.69 Å². The Labute approximate surface area is 129 Å². The molecule has 0 bridgehead atoms. The van der Waals surface area contributed by atoms with Gasteiger partial charge in [0.15, 0.2) is 0 Å². The van der Waals surface area contributed by atoms with Gasteiger partial charge in [0.25, 0.3) is 0 Å². The van der Waals surface area contributed by atoms with Gasteiger partial charge >= 0.3 is 5.97 Å². The molecule has 3 rings (SSSR count). The minimum atomic E-state index is -0.739. The van der Waals surface area contributed by atoms with Gasteiger partial charge in [-0.05, 0) is 43.7 Å². The number of nitriles is 1. The third kappa shape index (κ3) is 3.87. The number of carboxylic acid groups (broad SMARTS) is 1. The molecule has 0 radical (unpaired) electrons. The Morgan fingerprint density at radius 3 is 2.82 bits per heavy atom. The van der Waals surface area contributed by atoms with Crippen molar-refractivity contribution in [1.82, 2.24) is 10.2 Å². The maximum Gasteiger partial charge on any atom is 0.317 e. The van der Waals surface area contributed by atoms with E-state index in [9.17, 15) is 4.79 Å². The summed E-state index contributed by atoms with van der Waals surface area (Å²) in [6.45, 7) is 1.69. The van der Waals surface area contributed by atoms with Gasteiger partial charge in [-0.1, -0.05) is 0 Å². The molecular weight excluding hydrogens is 282 g/mol. The molecule has 22 heavy (non-hydrogen) atoms. The zero-order valence-electron chi connectivity index (χ0n) is 12.5. The first kappa shape index (κ1) is 15.1. The average molecular weight is 303 g/mol. The number of nitrogens with one attached hydrogen (secondary N) is 1. The van der Waals surface area contributed by atoms with Crippen molar-refractivity contribution in [2.45, 2.75) is 44.3 Å². The lowest BCUT2D eigenvalue weighted by Gasteiger charge is -2.42. The van der Waals surface area contributed by atoms with Gasteiger partial charge in [-0.2, -0.15) is 5.26 Å². The lowest BCUT2D eigenvalue weighted by molar-refractivity contribution is -0.139. The first-order chi connectivity index (χ1) is 10.6. The normalized spacial score (nSPS) is 24.0. The summed E-state index contributed by atoms with van der Waals surface area (Å²) in [5.41, 5.74) is 0. The minimum Gasteiger partial charge on any atom is -0.480 e. The second-order valence-electron chi connectivity index (χ2n) is 6.35. The Kier molecular flexibility index (Phi) is 4.46. The maximum absolute atomic E-state index is 11.0. The van der Waals surface area contributed by atoms with E-state index in [1.165, 1.54) is 12.8 Å². The highest BCUT2D eigenvalue weighted by molar-refractivity contribution is 5.69. The molecule has 0 spiro atoms. The molecule has 2 N–H and O–H groups in total. The van der Waals surface area contributed by atoms with Gasteiger partial charge in [0.1, 0.15) is 11.8 Å². The van der Waals surface area contributed by atoms with Crippen molar-refractivity contribution in [1.29, 1.82) is 5.26 Å². The number of rotatable bonds is 8. The molecule has 2 aliphatic carbocycles. The molecule has 0 amide bonds. The number of furan rings is 1. The molecule has 2 aliphatic rings. The number of aliphatic carboxylic acids is 1. The molecular formula is C16H21N3O3. The van der Waals surface area contributed by atoms with E-state index in [1.807, 2.05) is 12.1 Å². The van der Waals surface area contributed by atoms with Crippen molar-refractivity contribution in [2.24, 2.45) is 5.92 Å². The van der Waals surface area contributed by atoms with Gasteiger partial charge in [0, 0.05) is 18.6 Å². The molecule has 6 nitrogen and oxygen atoms in total. The Hall–Kier alpha value is -1.84.